The molecule has 1 saturated heterocycles. The van der Waals surface area contributed by atoms with Crippen LogP contribution < -0.4 is 10.2 Å². The molecule has 3 rings (SSSR count). The van der Waals surface area contributed by atoms with Crippen LogP contribution in [-0.2, 0) is 4.79 Å². The van der Waals surface area contributed by atoms with Gasteiger partial charge in [-0.1, -0.05) is 12.8 Å². The summed E-state index contributed by atoms with van der Waals surface area (Å²) in [5.41, 5.74) is 1.48. The van der Waals surface area contributed by atoms with Crippen molar-refractivity contribution in [3.8, 4) is 0 Å². The molecular weight excluding hydrogens is 292 g/mol. The van der Waals surface area contributed by atoms with Crippen molar-refractivity contribution in [1.29, 1.82) is 0 Å². The molecule has 1 aliphatic carbocycles. The number of anilines is 1. The van der Waals surface area contributed by atoms with Crippen LogP contribution in [0.15, 0.2) is 18.3 Å². The maximum absolute atomic E-state index is 12.3. The quantitative estimate of drug-likeness (QED) is 0.916. The zero-order valence-corrected chi connectivity index (χ0v) is 13.6. The molecule has 0 unspecified atom stereocenters. The molecular formula is C17H24N4O2. The van der Waals surface area contributed by atoms with Gasteiger partial charge in [-0.2, -0.15) is 0 Å². The van der Waals surface area contributed by atoms with Crippen LogP contribution in [0.3, 0.4) is 0 Å². The molecule has 124 valence electrons. The van der Waals surface area contributed by atoms with Gasteiger partial charge in [-0.05, 0) is 25.0 Å². The van der Waals surface area contributed by atoms with E-state index in [1.165, 1.54) is 12.8 Å². The second kappa shape index (κ2) is 6.98. The Hall–Kier alpha value is -2.11. The minimum absolute atomic E-state index is 0.0823. The minimum Gasteiger partial charge on any atom is -0.368 e. The molecule has 0 spiro atoms. The third-order valence-corrected chi connectivity index (χ3v) is 4.76. The lowest BCUT2D eigenvalue weighted by Crippen LogP contribution is -2.48. The van der Waals surface area contributed by atoms with Crippen molar-refractivity contribution in [3.05, 3.63) is 24.0 Å². The fourth-order valence-electron chi connectivity index (χ4n) is 3.35. The Kier molecular flexibility index (Phi) is 4.79. The normalized spacial score (nSPS) is 19.0. The van der Waals surface area contributed by atoms with Crippen molar-refractivity contribution in [1.82, 2.24) is 15.2 Å². The average molecular weight is 316 g/mol. The van der Waals surface area contributed by atoms with Gasteiger partial charge in [-0.25, -0.2) is 0 Å². The monoisotopic (exact) mass is 316 g/mol. The van der Waals surface area contributed by atoms with Crippen LogP contribution in [0.5, 0.6) is 0 Å². The van der Waals surface area contributed by atoms with Crippen LogP contribution >= 0.6 is 0 Å². The maximum atomic E-state index is 12.3. The number of nitrogens with zero attached hydrogens (tertiary/aromatic N) is 3. The number of hydrogen-bond donors (Lipinski definition) is 1. The summed E-state index contributed by atoms with van der Waals surface area (Å²) < 4.78 is 0. The predicted octanol–water partition coefficient (Wildman–Crippen LogP) is 1.42. The first-order valence-corrected chi connectivity index (χ1v) is 8.41. The molecule has 0 bridgehead atoms. The number of rotatable bonds is 3. The lowest BCUT2D eigenvalue weighted by Gasteiger charge is -2.35. The molecule has 1 saturated carbocycles. The summed E-state index contributed by atoms with van der Waals surface area (Å²) in [7, 11) is 0. The van der Waals surface area contributed by atoms with E-state index in [0.717, 1.165) is 44.7 Å². The van der Waals surface area contributed by atoms with Gasteiger partial charge in [0.1, 0.15) is 5.69 Å². The van der Waals surface area contributed by atoms with Crippen LogP contribution in [0.1, 0.15) is 43.1 Å². The number of pyridine rings is 1. The van der Waals surface area contributed by atoms with Gasteiger partial charge in [-0.3, -0.25) is 14.6 Å². The van der Waals surface area contributed by atoms with Gasteiger partial charge in [-0.15, -0.1) is 0 Å². The summed E-state index contributed by atoms with van der Waals surface area (Å²) in [4.78, 5) is 32.0. The third-order valence-electron chi connectivity index (χ3n) is 4.76. The van der Waals surface area contributed by atoms with Crippen LogP contribution in [0, 0.1) is 0 Å². The topological polar surface area (TPSA) is 65.5 Å². The maximum Gasteiger partial charge on any atom is 0.270 e. The summed E-state index contributed by atoms with van der Waals surface area (Å²) in [6, 6.07) is 4.08. The Balaban J connectivity index is 1.63. The fourth-order valence-corrected chi connectivity index (χ4v) is 3.35. The van der Waals surface area contributed by atoms with E-state index in [1.54, 1.807) is 13.1 Å². The van der Waals surface area contributed by atoms with E-state index in [-0.39, 0.29) is 11.8 Å². The van der Waals surface area contributed by atoms with Crippen molar-refractivity contribution in [3.63, 3.8) is 0 Å². The minimum atomic E-state index is -0.0823. The van der Waals surface area contributed by atoms with Gasteiger partial charge >= 0.3 is 0 Å². The number of piperazine rings is 1. The second-order valence-electron chi connectivity index (χ2n) is 6.35. The van der Waals surface area contributed by atoms with Gasteiger partial charge < -0.3 is 15.1 Å². The molecule has 1 aromatic heterocycles. The largest absolute Gasteiger partial charge is 0.368 e. The summed E-state index contributed by atoms with van der Waals surface area (Å²) in [5, 5.41) is 3.07. The molecule has 0 atom stereocenters. The second-order valence-corrected chi connectivity index (χ2v) is 6.35. The highest BCUT2D eigenvalue weighted by atomic mass is 16.2. The lowest BCUT2D eigenvalue weighted by atomic mass is 10.2. The Labute approximate surface area is 136 Å². The molecule has 1 N–H and O–H groups in total. The Morgan fingerprint density at radius 3 is 2.52 bits per heavy atom. The molecule has 6 nitrogen and oxygen atoms in total. The highest BCUT2D eigenvalue weighted by Crippen LogP contribution is 2.20. The average Bonchev–Trinajstić information content (AvgIpc) is 3.08. The SMILES string of the molecule is CC(=O)N1CCN(c2ccnc(C(=O)NC3CCCC3)c2)CC1. The number of amides is 2. The van der Waals surface area contributed by atoms with Crippen molar-refractivity contribution in [2.24, 2.45) is 0 Å². The molecule has 6 heteroatoms. The zero-order valence-electron chi connectivity index (χ0n) is 13.6. The molecule has 2 fully saturated rings. The molecule has 1 aromatic rings. The van der Waals surface area contributed by atoms with Gasteiger partial charge in [0, 0.05) is 51.0 Å². The standard InChI is InChI=1S/C17H24N4O2/c1-13(22)20-8-10-21(11-9-20)15-6-7-18-16(12-15)17(23)19-14-4-2-3-5-14/h6-7,12,14H,2-5,8-11H2,1H3,(H,19,23). The third kappa shape index (κ3) is 3.81. The van der Waals surface area contributed by atoms with Crippen molar-refractivity contribution in [2.45, 2.75) is 38.6 Å². The number of carbonyl (C=O) groups is 2. The highest BCUT2D eigenvalue weighted by molar-refractivity contribution is 5.93. The Morgan fingerprint density at radius 2 is 1.87 bits per heavy atom. The van der Waals surface area contributed by atoms with Crippen LogP contribution in [0.4, 0.5) is 5.69 Å². The first kappa shape index (κ1) is 15.8. The number of carbonyl (C=O) groups excluding carboxylic acids is 2. The van der Waals surface area contributed by atoms with E-state index in [4.69, 9.17) is 0 Å². The number of nitrogens with one attached hydrogen (secondary N) is 1. The molecule has 1 aliphatic heterocycles. The Morgan fingerprint density at radius 1 is 1.17 bits per heavy atom. The van der Waals surface area contributed by atoms with Crippen LogP contribution in [0.25, 0.3) is 0 Å². The van der Waals surface area contributed by atoms with Crippen molar-refractivity contribution < 1.29 is 9.59 Å². The van der Waals surface area contributed by atoms with Crippen molar-refractivity contribution >= 4 is 17.5 Å². The lowest BCUT2D eigenvalue weighted by molar-refractivity contribution is -0.129. The van der Waals surface area contributed by atoms with E-state index in [1.807, 2.05) is 17.0 Å². The molecule has 23 heavy (non-hydrogen) atoms. The van der Waals surface area contributed by atoms with Gasteiger partial charge in [0.05, 0.1) is 0 Å². The molecule has 0 radical (unpaired) electrons. The first-order valence-electron chi connectivity index (χ1n) is 8.41. The van der Waals surface area contributed by atoms with E-state index in [2.05, 4.69) is 15.2 Å². The molecule has 2 aliphatic rings. The number of aromatic nitrogens is 1. The molecule has 2 heterocycles. The highest BCUT2D eigenvalue weighted by Gasteiger charge is 2.21. The summed E-state index contributed by atoms with van der Waals surface area (Å²) >= 11 is 0. The smallest absolute Gasteiger partial charge is 0.270 e. The van der Waals surface area contributed by atoms with E-state index in [9.17, 15) is 9.59 Å². The molecule has 0 aromatic carbocycles. The van der Waals surface area contributed by atoms with Gasteiger partial charge in [0.25, 0.3) is 5.91 Å². The Bertz CT molecular complexity index is 576. The summed E-state index contributed by atoms with van der Waals surface area (Å²) in [5.74, 6) is 0.0390. The van der Waals surface area contributed by atoms with Gasteiger partial charge in [0.15, 0.2) is 0 Å². The fraction of sp³-hybridized carbons (Fsp3) is 0.588. The summed E-state index contributed by atoms with van der Waals surface area (Å²) in [6.07, 6.45) is 6.21. The molecule has 2 amide bonds. The predicted molar refractivity (Wildman–Crippen MR) is 88.4 cm³/mol. The van der Waals surface area contributed by atoms with E-state index < -0.39 is 0 Å². The first-order chi connectivity index (χ1) is 11.1. The van der Waals surface area contributed by atoms with Crippen molar-refractivity contribution in [2.75, 3.05) is 31.1 Å². The van der Waals surface area contributed by atoms with Crippen LogP contribution in [-0.4, -0.2) is 53.9 Å². The van der Waals surface area contributed by atoms with E-state index in [0.29, 0.717) is 11.7 Å². The number of hydrogen-bond acceptors (Lipinski definition) is 4. The van der Waals surface area contributed by atoms with Gasteiger partial charge in [0.2, 0.25) is 5.91 Å². The van der Waals surface area contributed by atoms with Crippen LogP contribution in [0.2, 0.25) is 0 Å². The zero-order chi connectivity index (χ0) is 16.2. The van der Waals surface area contributed by atoms with E-state index >= 15 is 0 Å². The summed E-state index contributed by atoms with van der Waals surface area (Å²) in [6.45, 7) is 4.62.